The second kappa shape index (κ2) is 9.87. The summed E-state index contributed by atoms with van der Waals surface area (Å²) in [5.74, 6) is -1.73. The molecule has 2 N–H and O–H groups in total. The average Bonchev–Trinajstić information content (AvgIpc) is 2.80. The molecule has 0 radical (unpaired) electrons. The summed E-state index contributed by atoms with van der Waals surface area (Å²) in [6.45, 7) is 1.94. The SMILES string of the molecule is CN1CCC(O)(c2ccc(Cl)c(Cl)c2)C(C(=O)C2CN(C)CCC2(O)c2ccc(Cl)c(Cl)c2)C1. The minimum absolute atomic E-state index is 0.194. The average molecular weight is 546 g/mol. The second-order valence-corrected chi connectivity index (χ2v) is 11.3. The number of carbonyl (C=O) groups excluding carboxylic acids is 1. The number of likely N-dealkylation sites (tertiary alicyclic amines) is 2. The highest BCUT2D eigenvalue weighted by molar-refractivity contribution is 6.42. The Morgan fingerprint density at radius 2 is 1.15 bits per heavy atom. The predicted molar refractivity (Wildman–Crippen MR) is 137 cm³/mol. The first-order valence-electron chi connectivity index (χ1n) is 11.2. The molecule has 2 saturated heterocycles. The molecule has 0 bridgehead atoms. The smallest absolute Gasteiger partial charge is 0.148 e. The molecule has 4 rings (SSSR count). The Morgan fingerprint density at radius 1 is 0.765 bits per heavy atom. The number of carbonyl (C=O) groups is 1. The molecule has 2 aromatic rings. The van der Waals surface area contributed by atoms with Gasteiger partial charge in [0.2, 0.25) is 0 Å². The zero-order chi connectivity index (χ0) is 24.8. The number of ketones is 1. The van der Waals surface area contributed by atoms with E-state index in [1.165, 1.54) is 0 Å². The maximum atomic E-state index is 14.2. The van der Waals surface area contributed by atoms with Crippen molar-refractivity contribution in [3.63, 3.8) is 0 Å². The normalized spacial score (nSPS) is 30.9. The van der Waals surface area contributed by atoms with Crippen LogP contribution in [0.5, 0.6) is 0 Å². The van der Waals surface area contributed by atoms with Gasteiger partial charge in [-0.3, -0.25) is 4.79 Å². The highest BCUT2D eigenvalue weighted by Crippen LogP contribution is 2.46. The van der Waals surface area contributed by atoms with E-state index in [1.54, 1.807) is 36.4 Å². The largest absolute Gasteiger partial charge is 0.384 e. The Kier molecular flexibility index (Phi) is 7.60. The van der Waals surface area contributed by atoms with Crippen molar-refractivity contribution in [2.24, 2.45) is 11.8 Å². The highest BCUT2D eigenvalue weighted by atomic mass is 35.5. The van der Waals surface area contributed by atoms with E-state index in [2.05, 4.69) is 0 Å². The Balaban J connectivity index is 1.77. The first kappa shape index (κ1) is 26.2. The Hall–Kier alpha value is -0.890. The van der Waals surface area contributed by atoms with E-state index in [1.807, 2.05) is 23.9 Å². The summed E-state index contributed by atoms with van der Waals surface area (Å²) < 4.78 is 0. The molecule has 0 spiro atoms. The number of aliphatic hydroxyl groups is 2. The number of hydrogen-bond acceptors (Lipinski definition) is 5. The number of nitrogens with zero attached hydrogens (tertiary/aromatic N) is 2. The molecule has 0 aliphatic carbocycles. The van der Waals surface area contributed by atoms with Crippen molar-refractivity contribution < 1.29 is 15.0 Å². The van der Waals surface area contributed by atoms with E-state index < -0.39 is 23.0 Å². The van der Waals surface area contributed by atoms with Gasteiger partial charge in [0.1, 0.15) is 17.0 Å². The summed E-state index contributed by atoms with van der Waals surface area (Å²) >= 11 is 24.7. The number of Topliss-reactive ketones (excluding diaryl/α,β-unsaturated/α-hetero) is 1. The third kappa shape index (κ3) is 4.74. The molecule has 0 saturated carbocycles. The van der Waals surface area contributed by atoms with Crippen LogP contribution in [0.1, 0.15) is 24.0 Å². The van der Waals surface area contributed by atoms with E-state index in [9.17, 15) is 15.0 Å². The van der Waals surface area contributed by atoms with Gasteiger partial charge in [0.25, 0.3) is 0 Å². The van der Waals surface area contributed by atoms with Crippen LogP contribution in [0.4, 0.5) is 0 Å². The molecule has 2 aromatic carbocycles. The molecular formula is C25H28Cl4N2O3. The molecule has 0 amide bonds. The van der Waals surface area contributed by atoms with Gasteiger partial charge >= 0.3 is 0 Å². The van der Waals surface area contributed by atoms with Gasteiger partial charge < -0.3 is 20.0 Å². The summed E-state index contributed by atoms with van der Waals surface area (Å²) in [7, 11) is 3.85. The van der Waals surface area contributed by atoms with Crippen LogP contribution in [0.2, 0.25) is 20.1 Å². The second-order valence-electron chi connectivity index (χ2n) is 9.64. The minimum Gasteiger partial charge on any atom is -0.384 e. The fourth-order valence-corrected chi connectivity index (χ4v) is 5.89. The van der Waals surface area contributed by atoms with Crippen LogP contribution in [-0.2, 0) is 16.0 Å². The standard InChI is InChI=1S/C25H28Cl4N2O3/c1-30-9-7-24(33,15-3-5-19(26)21(28)11-15)17(13-30)23(32)18-14-31(2)10-8-25(18,34)16-4-6-20(27)22(29)12-16/h3-6,11-12,17-18,33-34H,7-10,13-14H2,1-2H3. The van der Waals surface area contributed by atoms with Gasteiger partial charge in [0.05, 0.1) is 31.9 Å². The number of rotatable bonds is 4. The van der Waals surface area contributed by atoms with Crippen molar-refractivity contribution in [1.29, 1.82) is 0 Å². The van der Waals surface area contributed by atoms with Crippen LogP contribution in [-0.4, -0.2) is 66.1 Å². The Labute approximate surface area is 220 Å². The zero-order valence-electron chi connectivity index (χ0n) is 19.1. The summed E-state index contributed by atoms with van der Waals surface area (Å²) in [4.78, 5) is 18.3. The van der Waals surface area contributed by atoms with Crippen molar-refractivity contribution in [3.05, 3.63) is 67.6 Å². The molecule has 2 fully saturated rings. The molecule has 184 valence electrons. The maximum Gasteiger partial charge on any atom is 0.148 e. The van der Waals surface area contributed by atoms with Crippen molar-refractivity contribution >= 4 is 52.2 Å². The van der Waals surface area contributed by atoms with E-state index in [4.69, 9.17) is 46.4 Å². The van der Waals surface area contributed by atoms with Gasteiger partial charge in [-0.05, 0) is 62.3 Å². The van der Waals surface area contributed by atoms with Gasteiger partial charge in [-0.25, -0.2) is 0 Å². The topological polar surface area (TPSA) is 64.0 Å². The van der Waals surface area contributed by atoms with Gasteiger partial charge in [-0.15, -0.1) is 0 Å². The third-order valence-electron chi connectivity index (χ3n) is 7.42. The summed E-state index contributed by atoms with van der Waals surface area (Å²) in [6, 6.07) is 9.98. The van der Waals surface area contributed by atoms with E-state index in [-0.39, 0.29) is 5.78 Å². The van der Waals surface area contributed by atoms with Crippen LogP contribution in [0.3, 0.4) is 0 Å². The third-order valence-corrected chi connectivity index (χ3v) is 8.89. The fraction of sp³-hybridized carbons (Fsp3) is 0.480. The van der Waals surface area contributed by atoms with Crippen molar-refractivity contribution in [2.75, 3.05) is 40.3 Å². The molecule has 5 nitrogen and oxygen atoms in total. The lowest BCUT2D eigenvalue weighted by Gasteiger charge is -2.48. The number of halogens is 4. The molecule has 2 heterocycles. The quantitative estimate of drug-likeness (QED) is 0.575. The number of hydrogen-bond donors (Lipinski definition) is 2. The first-order chi connectivity index (χ1) is 16.0. The lowest BCUT2D eigenvalue weighted by atomic mass is 9.66. The zero-order valence-corrected chi connectivity index (χ0v) is 22.1. The fourth-order valence-electron chi connectivity index (χ4n) is 5.29. The van der Waals surface area contributed by atoms with Crippen LogP contribution in [0, 0.1) is 11.8 Å². The monoisotopic (exact) mass is 544 g/mol. The molecule has 2 aliphatic heterocycles. The number of piperidine rings is 2. The van der Waals surface area contributed by atoms with Crippen molar-refractivity contribution in [2.45, 2.75) is 24.0 Å². The highest BCUT2D eigenvalue weighted by Gasteiger charge is 2.53. The lowest BCUT2D eigenvalue weighted by molar-refractivity contribution is -0.160. The van der Waals surface area contributed by atoms with Crippen LogP contribution in [0.25, 0.3) is 0 Å². The van der Waals surface area contributed by atoms with E-state index in [0.29, 0.717) is 70.2 Å². The van der Waals surface area contributed by atoms with Crippen molar-refractivity contribution in [3.8, 4) is 0 Å². The first-order valence-corrected chi connectivity index (χ1v) is 12.7. The van der Waals surface area contributed by atoms with Gasteiger partial charge in [0.15, 0.2) is 0 Å². The van der Waals surface area contributed by atoms with Gasteiger partial charge in [-0.1, -0.05) is 58.5 Å². The summed E-state index contributed by atoms with van der Waals surface area (Å²) in [5.41, 5.74) is -1.77. The summed E-state index contributed by atoms with van der Waals surface area (Å²) in [6.07, 6.45) is 0.706. The van der Waals surface area contributed by atoms with E-state index >= 15 is 0 Å². The summed E-state index contributed by atoms with van der Waals surface area (Å²) in [5, 5.41) is 25.3. The molecule has 4 atom stereocenters. The van der Waals surface area contributed by atoms with Crippen molar-refractivity contribution in [1.82, 2.24) is 9.80 Å². The molecule has 4 unspecified atom stereocenters. The Morgan fingerprint density at radius 3 is 1.50 bits per heavy atom. The molecule has 0 aromatic heterocycles. The Bertz CT molecular complexity index is 1020. The molecule has 2 aliphatic rings. The number of benzene rings is 2. The van der Waals surface area contributed by atoms with Crippen LogP contribution < -0.4 is 0 Å². The maximum absolute atomic E-state index is 14.2. The van der Waals surface area contributed by atoms with Crippen LogP contribution in [0.15, 0.2) is 36.4 Å². The molecule has 34 heavy (non-hydrogen) atoms. The van der Waals surface area contributed by atoms with Gasteiger partial charge in [-0.2, -0.15) is 0 Å². The molecule has 9 heteroatoms. The molecular weight excluding hydrogens is 518 g/mol. The predicted octanol–water partition coefficient (Wildman–Crippen LogP) is 4.85. The lowest BCUT2D eigenvalue weighted by Crippen LogP contribution is -2.59. The van der Waals surface area contributed by atoms with E-state index in [0.717, 1.165) is 0 Å². The van der Waals surface area contributed by atoms with Crippen LogP contribution >= 0.6 is 46.4 Å². The minimum atomic E-state index is -1.44. The van der Waals surface area contributed by atoms with Gasteiger partial charge in [0, 0.05) is 26.2 Å².